The SMILES string of the molecule is CCCC1COC(Cn2cncn2)(c2cc3ccccc3o2)O1. The number of hydrogen-bond donors (Lipinski definition) is 0. The first kappa shape index (κ1) is 14.4. The fourth-order valence-corrected chi connectivity index (χ4v) is 3.02. The van der Waals surface area contributed by atoms with Crippen LogP contribution in [-0.2, 0) is 21.8 Å². The van der Waals surface area contributed by atoms with Crippen molar-refractivity contribution in [3.05, 3.63) is 48.7 Å². The van der Waals surface area contributed by atoms with E-state index in [9.17, 15) is 0 Å². The van der Waals surface area contributed by atoms with Gasteiger partial charge < -0.3 is 13.9 Å². The van der Waals surface area contributed by atoms with E-state index in [2.05, 4.69) is 17.0 Å². The highest BCUT2D eigenvalue weighted by molar-refractivity contribution is 5.77. The summed E-state index contributed by atoms with van der Waals surface area (Å²) in [6.07, 6.45) is 5.24. The lowest BCUT2D eigenvalue weighted by molar-refractivity contribution is -0.200. The van der Waals surface area contributed by atoms with Gasteiger partial charge in [0.15, 0.2) is 5.76 Å². The van der Waals surface area contributed by atoms with E-state index in [4.69, 9.17) is 13.9 Å². The maximum Gasteiger partial charge on any atom is 0.249 e. The fraction of sp³-hybridized carbons (Fsp3) is 0.412. The van der Waals surface area contributed by atoms with Gasteiger partial charge in [0, 0.05) is 5.39 Å². The van der Waals surface area contributed by atoms with Gasteiger partial charge in [0.2, 0.25) is 5.79 Å². The van der Waals surface area contributed by atoms with Crippen LogP contribution in [0.4, 0.5) is 0 Å². The average molecular weight is 313 g/mol. The van der Waals surface area contributed by atoms with E-state index in [1.807, 2.05) is 30.3 Å². The molecule has 3 aromatic rings. The van der Waals surface area contributed by atoms with Crippen LogP contribution in [0.3, 0.4) is 0 Å². The number of aromatic nitrogens is 3. The lowest BCUT2D eigenvalue weighted by atomic mass is 10.1. The summed E-state index contributed by atoms with van der Waals surface area (Å²) in [4.78, 5) is 4.00. The zero-order valence-corrected chi connectivity index (χ0v) is 13.0. The quantitative estimate of drug-likeness (QED) is 0.724. The maximum absolute atomic E-state index is 6.27. The second-order valence-electron chi connectivity index (χ2n) is 5.83. The Morgan fingerprint density at radius 2 is 2.26 bits per heavy atom. The molecule has 0 spiro atoms. The molecule has 2 atom stereocenters. The van der Waals surface area contributed by atoms with Gasteiger partial charge in [0.1, 0.15) is 24.8 Å². The Bertz CT molecular complexity index is 750. The third kappa shape index (κ3) is 2.64. The molecule has 0 aliphatic carbocycles. The van der Waals surface area contributed by atoms with E-state index in [1.54, 1.807) is 11.0 Å². The van der Waals surface area contributed by atoms with E-state index in [1.165, 1.54) is 6.33 Å². The smallest absolute Gasteiger partial charge is 0.249 e. The van der Waals surface area contributed by atoms with Gasteiger partial charge >= 0.3 is 0 Å². The van der Waals surface area contributed by atoms with Crippen LogP contribution in [0.1, 0.15) is 25.5 Å². The molecule has 0 amide bonds. The molecular weight excluding hydrogens is 294 g/mol. The highest BCUT2D eigenvalue weighted by atomic mass is 16.8. The van der Waals surface area contributed by atoms with Crippen LogP contribution in [0, 0.1) is 0 Å². The number of furan rings is 1. The lowest BCUT2D eigenvalue weighted by Gasteiger charge is -2.25. The third-order valence-corrected chi connectivity index (χ3v) is 4.11. The number of para-hydroxylation sites is 1. The van der Waals surface area contributed by atoms with E-state index in [0.717, 1.165) is 23.8 Å². The van der Waals surface area contributed by atoms with Crippen molar-refractivity contribution in [3.63, 3.8) is 0 Å². The molecule has 1 saturated heterocycles. The van der Waals surface area contributed by atoms with E-state index < -0.39 is 5.79 Å². The molecule has 3 heterocycles. The summed E-state index contributed by atoms with van der Waals surface area (Å²) in [7, 11) is 0. The first-order valence-electron chi connectivity index (χ1n) is 7.92. The van der Waals surface area contributed by atoms with Crippen LogP contribution in [0.5, 0.6) is 0 Å². The lowest BCUT2D eigenvalue weighted by Crippen LogP contribution is -2.33. The second kappa shape index (κ2) is 5.79. The second-order valence-corrected chi connectivity index (χ2v) is 5.83. The molecule has 2 aromatic heterocycles. The van der Waals surface area contributed by atoms with Gasteiger partial charge in [-0.1, -0.05) is 31.5 Å². The molecule has 0 saturated carbocycles. The number of fused-ring (bicyclic) bond motifs is 1. The Hall–Kier alpha value is -2.18. The number of rotatable bonds is 5. The first-order chi connectivity index (χ1) is 11.3. The predicted octanol–water partition coefficient (Wildman–Crippen LogP) is 3.09. The highest BCUT2D eigenvalue weighted by Crippen LogP contribution is 2.39. The van der Waals surface area contributed by atoms with Crippen molar-refractivity contribution in [1.82, 2.24) is 14.8 Å². The molecule has 1 aliphatic heterocycles. The summed E-state index contributed by atoms with van der Waals surface area (Å²) in [5.41, 5.74) is 0.826. The number of ether oxygens (including phenoxy) is 2. The van der Waals surface area contributed by atoms with Crippen LogP contribution in [0.2, 0.25) is 0 Å². The van der Waals surface area contributed by atoms with E-state index in [0.29, 0.717) is 18.9 Å². The van der Waals surface area contributed by atoms with Gasteiger partial charge in [0.25, 0.3) is 0 Å². The molecule has 1 aromatic carbocycles. The molecule has 0 bridgehead atoms. The van der Waals surface area contributed by atoms with Crippen LogP contribution in [0.25, 0.3) is 11.0 Å². The van der Waals surface area contributed by atoms with Crippen molar-refractivity contribution >= 4 is 11.0 Å². The average Bonchev–Trinajstić information content (AvgIpc) is 3.28. The third-order valence-electron chi connectivity index (χ3n) is 4.11. The summed E-state index contributed by atoms with van der Waals surface area (Å²) in [5, 5.41) is 5.21. The molecule has 120 valence electrons. The van der Waals surface area contributed by atoms with Gasteiger partial charge in [-0.05, 0) is 18.6 Å². The highest BCUT2D eigenvalue weighted by Gasteiger charge is 2.46. The summed E-state index contributed by atoms with van der Waals surface area (Å²) >= 11 is 0. The van der Waals surface area contributed by atoms with Crippen molar-refractivity contribution in [2.24, 2.45) is 0 Å². The molecule has 2 unspecified atom stereocenters. The Labute approximate surface area is 134 Å². The van der Waals surface area contributed by atoms with Crippen molar-refractivity contribution < 1.29 is 13.9 Å². The molecule has 0 radical (unpaired) electrons. The van der Waals surface area contributed by atoms with Crippen LogP contribution in [0.15, 0.2) is 47.4 Å². The molecule has 1 aliphatic rings. The topological polar surface area (TPSA) is 62.3 Å². The first-order valence-corrected chi connectivity index (χ1v) is 7.92. The molecule has 1 fully saturated rings. The van der Waals surface area contributed by atoms with Crippen molar-refractivity contribution in [1.29, 1.82) is 0 Å². The Balaban J connectivity index is 1.72. The van der Waals surface area contributed by atoms with Gasteiger partial charge in [-0.15, -0.1) is 0 Å². The number of benzene rings is 1. The minimum atomic E-state index is -0.952. The predicted molar refractivity (Wildman–Crippen MR) is 83.6 cm³/mol. The van der Waals surface area contributed by atoms with Crippen LogP contribution >= 0.6 is 0 Å². The molecule has 6 nitrogen and oxygen atoms in total. The minimum Gasteiger partial charge on any atom is -0.455 e. The summed E-state index contributed by atoms with van der Waals surface area (Å²) in [6, 6.07) is 9.89. The molecule has 0 N–H and O–H groups in total. The standard InChI is InChI=1S/C17H19N3O3/c1-2-5-14-9-21-17(23-14,10-20-12-18-11-19-20)16-8-13-6-3-4-7-15(13)22-16/h3-4,6-8,11-12,14H,2,5,9-10H2,1H3. The van der Waals surface area contributed by atoms with Gasteiger partial charge in [-0.2, -0.15) is 5.10 Å². The molecule has 6 heteroatoms. The molecule has 4 rings (SSSR count). The van der Waals surface area contributed by atoms with Gasteiger partial charge in [-0.25, -0.2) is 9.67 Å². The summed E-state index contributed by atoms with van der Waals surface area (Å²) in [6.45, 7) is 3.11. The van der Waals surface area contributed by atoms with Gasteiger partial charge in [0.05, 0.1) is 12.7 Å². The normalized spacial score (nSPS) is 24.5. The minimum absolute atomic E-state index is 0.0664. The van der Waals surface area contributed by atoms with Gasteiger partial charge in [-0.3, -0.25) is 0 Å². The molecular formula is C17H19N3O3. The summed E-state index contributed by atoms with van der Waals surface area (Å²) in [5.74, 6) is -0.278. The van der Waals surface area contributed by atoms with E-state index in [-0.39, 0.29) is 6.10 Å². The largest absolute Gasteiger partial charge is 0.455 e. The number of nitrogens with zero attached hydrogens (tertiary/aromatic N) is 3. The van der Waals surface area contributed by atoms with E-state index >= 15 is 0 Å². The fourth-order valence-electron chi connectivity index (χ4n) is 3.02. The maximum atomic E-state index is 6.27. The Kier molecular flexibility index (Phi) is 3.63. The monoisotopic (exact) mass is 313 g/mol. The zero-order valence-electron chi connectivity index (χ0n) is 13.0. The Morgan fingerprint density at radius 3 is 3.04 bits per heavy atom. The molecule has 23 heavy (non-hydrogen) atoms. The van der Waals surface area contributed by atoms with Crippen molar-refractivity contribution in [2.75, 3.05) is 6.61 Å². The number of hydrogen-bond acceptors (Lipinski definition) is 5. The zero-order chi connectivity index (χ0) is 15.7. The Morgan fingerprint density at radius 1 is 1.35 bits per heavy atom. The van der Waals surface area contributed by atoms with Crippen LogP contribution < -0.4 is 0 Å². The van der Waals surface area contributed by atoms with Crippen molar-refractivity contribution in [2.45, 2.75) is 38.2 Å². The summed E-state index contributed by atoms with van der Waals surface area (Å²) < 4.78 is 20.1. The van der Waals surface area contributed by atoms with Crippen molar-refractivity contribution in [3.8, 4) is 0 Å². The van der Waals surface area contributed by atoms with Crippen LogP contribution in [-0.4, -0.2) is 27.5 Å².